The molecule has 3 nitrogen and oxygen atoms in total. The van der Waals surface area contributed by atoms with Crippen LogP contribution < -0.4 is 10.5 Å². The summed E-state index contributed by atoms with van der Waals surface area (Å²) in [6.45, 7) is 4.72. The minimum absolute atomic E-state index is 0.0137. The summed E-state index contributed by atoms with van der Waals surface area (Å²) in [5.41, 5.74) is 6.55. The Kier molecular flexibility index (Phi) is 3.71. The third-order valence-corrected chi connectivity index (χ3v) is 1.70. The van der Waals surface area contributed by atoms with Crippen molar-refractivity contribution in [1.82, 2.24) is 4.98 Å². The highest BCUT2D eigenvalue weighted by Gasteiger charge is 2.00. The lowest BCUT2D eigenvalue weighted by Gasteiger charge is -2.06. The topological polar surface area (TPSA) is 48.1 Å². The SMILES string of the molecule is CCCOc1ccc([C@H](C)N)nc1. The maximum absolute atomic E-state index is 5.66. The predicted octanol–water partition coefficient (Wildman–Crippen LogP) is 1.89. The molecule has 1 heterocycles. The van der Waals surface area contributed by atoms with Gasteiger partial charge in [0.1, 0.15) is 5.75 Å². The summed E-state index contributed by atoms with van der Waals surface area (Å²) < 4.78 is 5.39. The van der Waals surface area contributed by atoms with Gasteiger partial charge in [-0.3, -0.25) is 4.98 Å². The van der Waals surface area contributed by atoms with Crippen LogP contribution in [0.2, 0.25) is 0 Å². The molecule has 3 heteroatoms. The molecule has 0 saturated heterocycles. The van der Waals surface area contributed by atoms with Crippen molar-refractivity contribution in [2.75, 3.05) is 6.61 Å². The number of nitrogens with zero attached hydrogens (tertiary/aromatic N) is 1. The maximum atomic E-state index is 5.66. The molecule has 1 atom stereocenters. The van der Waals surface area contributed by atoms with Gasteiger partial charge in [-0.25, -0.2) is 0 Å². The predicted molar refractivity (Wildman–Crippen MR) is 52.6 cm³/mol. The molecule has 13 heavy (non-hydrogen) atoms. The van der Waals surface area contributed by atoms with Crippen molar-refractivity contribution in [1.29, 1.82) is 0 Å². The highest BCUT2D eigenvalue weighted by atomic mass is 16.5. The van der Waals surface area contributed by atoms with E-state index in [1.807, 2.05) is 19.1 Å². The van der Waals surface area contributed by atoms with Gasteiger partial charge in [0.25, 0.3) is 0 Å². The highest BCUT2D eigenvalue weighted by Crippen LogP contribution is 2.12. The quantitative estimate of drug-likeness (QED) is 0.769. The van der Waals surface area contributed by atoms with Crippen LogP contribution in [0.15, 0.2) is 18.3 Å². The lowest BCUT2D eigenvalue weighted by atomic mass is 10.2. The summed E-state index contributed by atoms with van der Waals surface area (Å²) in [5, 5.41) is 0. The van der Waals surface area contributed by atoms with E-state index in [0.717, 1.165) is 24.5 Å². The van der Waals surface area contributed by atoms with Gasteiger partial charge in [-0.1, -0.05) is 6.92 Å². The molecular weight excluding hydrogens is 164 g/mol. The number of pyridine rings is 1. The van der Waals surface area contributed by atoms with Gasteiger partial charge in [-0.05, 0) is 25.5 Å². The minimum atomic E-state index is -0.0137. The van der Waals surface area contributed by atoms with Gasteiger partial charge in [-0.15, -0.1) is 0 Å². The maximum Gasteiger partial charge on any atom is 0.137 e. The van der Waals surface area contributed by atoms with Gasteiger partial charge in [-0.2, -0.15) is 0 Å². The van der Waals surface area contributed by atoms with Crippen LogP contribution in [0.25, 0.3) is 0 Å². The molecule has 2 N–H and O–H groups in total. The molecule has 0 radical (unpaired) electrons. The average molecular weight is 180 g/mol. The van der Waals surface area contributed by atoms with Crippen LogP contribution in [0, 0.1) is 0 Å². The van der Waals surface area contributed by atoms with E-state index in [2.05, 4.69) is 11.9 Å². The van der Waals surface area contributed by atoms with Crippen molar-refractivity contribution in [2.45, 2.75) is 26.3 Å². The zero-order valence-electron chi connectivity index (χ0n) is 8.16. The van der Waals surface area contributed by atoms with Crippen LogP contribution in [-0.4, -0.2) is 11.6 Å². The second-order valence-corrected chi connectivity index (χ2v) is 3.06. The summed E-state index contributed by atoms with van der Waals surface area (Å²) in [6, 6.07) is 3.79. The zero-order chi connectivity index (χ0) is 9.68. The Morgan fingerprint density at radius 1 is 1.54 bits per heavy atom. The van der Waals surface area contributed by atoms with Crippen LogP contribution >= 0.6 is 0 Å². The molecule has 0 bridgehead atoms. The second kappa shape index (κ2) is 4.82. The Morgan fingerprint density at radius 3 is 2.77 bits per heavy atom. The largest absolute Gasteiger partial charge is 0.492 e. The third kappa shape index (κ3) is 3.03. The van der Waals surface area contributed by atoms with E-state index in [-0.39, 0.29) is 6.04 Å². The Bertz CT molecular complexity index is 244. The Hall–Kier alpha value is -1.09. The van der Waals surface area contributed by atoms with Crippen molar-refractivity contribution >= 4 is 0 Å². The number of ether oxygens (including phenoxy) is 1. The normalized spacial score (nSPS) is 12.5. The Balaban J connectivity index is 2.59. The van der Waals surface area contributed by atoms with E-state index < -0.39 is 0 Å². The van der Waals surface area contributed by atoms with E-state index in [1.165, 1.54) is 0 Å². The minimum Gasteiger partial charge on any atom is -0.492 e. The van der Waals surface area contributed by atoms with E-state index >= 15 is 0 Å². The summed E-state index contributed by atoms with van der Waals surface area (Å²) in [5.74, 6) is 0.811. The molecule has 0 aliphatic rings. The van der Waals surface area contributed by atoms with Crippen LogP contribution in [0.1, 0.15) is 32.0 Å². The molecule has 1 rings (SSSR count). The van der Waals surface area contributed by atoms with Gasteiger partial charge in [0.2, 0.25) is 0 Å². The molecule has 0 unspecified atom stereocenters. The fourth-order valence-corrected chi connectivity index (χ4v) is 0.966. The third-order valence-electron chi connectivity index (χ3n) is 1.70. The molecule has 0 aromatic carbocycles. The number of rotatable bonds is 4. The average Bonchev–Trinajstić information content (AvgIpc) is 2.15. The van der Waals surface area contributed by atoms with Crippen molar-refractivity contribution in [3.05, 3.63) is 24.0 Å². The second-order valence-electron chi connectivity index (χ2n) is 3.06. The van der Waals surface area contributed by atoms with Crippen LogP contribution in [0.3, 0.4) is 0 Å². The first-order valence-corrected chi connectivity index (χ1v) is 4.58. The smallest absolute Gasteiger partial charge is 0.137 e. The molecule has 0 saturated carbocycles. The first kappa shape index (κ1) is 9.99. The zero-order valence-corrected chi connectivity index (χ0v) is 8.16. The molecule has 0 spiro atoms. The standard InChI is InChI=1S/C10H16N2O/c1-3-6-13-9-4-5-10(8(2)11)12-7-9/h4-5,7-8H,3,6,11H2,1-2H3/t8-/m0/s1. The summed E-state index contributed by atoms with van der Waals surface area (Å²) >= 11 is 0. The molecule has 0 aliphatic carbocycles. The molecule has 0 amide bonds. The van der Waals surface area contributed by atoms with E-state index in [1.54, 1.807) is 6.20 Å². The molecule has 72 valence electrons. The van der Waals surface area contributed by atoms with E-state index in [9.17, 15) is 0 Å². The summed E-state index contributed by atoms with van der Waals surface area (Å²) in [7, 11) is 0. The molecule has 1 aromatic rings. The van der Waals surface area contributed by atoms with Gasteiger partial charge >= 0.3 is 0 Å². The summed E-state index contributed by atoms with van der Waals surface area (Å²) in [4.78, 5) is 4.18. The first-order chi connectivity index (χ1) is 6.24. The van der Waals surface area contributed by atoms with Gasteiger partial charge in [0, 0.05) is 6.04 Å². The van der Waals surface area contributed by atoms with Crippen molar-refractivity contribution < 1.29 is 4.74 Å². The van der Waals surface area contributed by atoms with Crippen LogP contribution in [0.4, 0.5) is 0 Å². The fraction of sp³-hybridized carbons (Fsp3) is 0.500. The fourth-order valence-electron chi connectivity index (χ4n) is 0.966. The van der Waals surface area contributed by atoms with Crippen molar-refractivity contribution in [3.63, 3.8) is 0 Å². The number of nitrogens with two attached hydrogens (primary N) is 1. The lowest BCUT2D eigenvalue weighted by Crippen LogP contribution is -2.07. The van der Waals surface area contributed by atoms with E-state index in [4.69, 9.17) is 10.5 Å². The lowest BCUT2D eigenvalue weighted by molar-refractivity contribution is 0.316. The molecule has 0 fully saturated rings. The molecular formula is C10H16N2O. The van der Waals surface area contributed by atoms with Crippen LogP contribution in [0.5, 0.6) is 5.75 Å². The highest BCUT2D eigenvalue weighted by molar-refractivity contribution is 5.20. The Labute approximate surface area is 78.9 Å². The van der Waals surface area contributed by atoms with E-state index in [0.29, 0.717) is 0 Å². The number of hydrogen-bond donors (Lipinski definition) is 1. The molecule has 1 aromatic heterocycles. The van der Waals surface area contributed by atoms with Gasteiger partial charge in [0.05, 0.1) is 18.5 Å². The van der Waals surface area contributed by atoms with Crippen molar-refractivity contribution in [2.24, 2.45) is 5.73 Å². The van der Waals surface area contributed by atoms with Crippen molar-refractivity contribution in [3.8, 4) is 5.75 Å². The number of hydrogen-bond acceptors (Lipinski definition) is 3. The number of aromatic nitrogens is 1. The monoisotopic (exact) mass is 180 g/mol. The van der Waals surface area contributed by atoms with Crippen LogP contribution in [-0.2, 0) is 0 Å². The Morgan fingerprint density at radius 2 is 2.31 bits per heavy atom. The first-order valence-electron chi connectivity index (χ1n) is 4.58. The summed E-state index contributed by atoms with van der Waals surface area (Å²) in [6.07, 6.45) is 2.73. The van der Waals surface area contributed by atoms with Gasteiger partial charge < -0.3 is 10.5 Å². The molecule has 0 aliphatic heterocycles. The van der Waals surface area contributed by atoms with Gasteiger partial charge in [0.15, 0.2) is 0 Å².